The van der Waals surface area contributed by atoms with Gasteiger partial charge in [-0.2, -0.15) is 0 Å². The smallest absolute Gasteiger partial charge is 0.272 e. The van der Waals surface area contributed by atoms with Crippen molar-refractivity contribution in [2.24, 2.45) is 5.73 Å². The van der Waals surface area contributed by atoms with Crippen LogP contribution in [0.15, 0.2) is 58.7 Å². The number of hydrogen-bond donors (Lipinski definition) is 1. The summed E-state index contributed by atoms with van der Waals surface area (Å²) in [5, 5.41) is 0. The summed E-state index contributed by atoms with van der Waals surface area (Å²) < 4.78 is 6.14. The first-order valence-corrected chi connectivity index (χ1v) is 9.52. The summed E-state index contributed by atoms with van der Waals surface area (Å²) in [5.41, 5.74) is 6.78. The van der Waals surface area contributed by atoms with Crippen LogP contribution in [0.2, 0.25) is 0 Å². The number of methoxy groups -OCH3 is 1. The molecule has 2 N–H and O–H groups in total. The zero-order chi connectivity index (χ0) is 20.5. The number of ether oxygens (including phenoxy) is 1. The van der Waals surface area contributed by atoms with Gasteiger partial charge in [0, 0.05) is 30.6 Å². The lowest BCUT2D eigenvalue weighted by Crippen LogP contribution is -2.71. The molecule has 1 unspecified atom stereocenters. The van der Waals surface area contributed by atoms with E-state index in [1.54, 1.807) is 33.3 Å². The molecule has 0 aliphatic carbocycles. The van der Waals surface area contributed by atoms with Gasteiger partial charge >= 0.3 is 0 Å². The van der Waals surface area contributed by atoms with Gasteiger partial charge in [-0.15, -0.1) is 0 Å². The minimum atomic E-state index is -1.46. The molecule has 1 heterocycles. The van der Waals surface area contributed by atoms with Crippen LogP contribution in [0.4, 0.5) is 0 Å². The molecule has 0 radical (unpaired) electrons. The Morgan fingerprint density at radius 3 is 2.43 bits per heavy atom. The van der Waals surface area contributed by atoms with Crippen molar-refractivity contribution in [2.45, 2.75) is 12.1 Å². The van der Waals surface area contributed by atoms with Gasteiger partial charge in [-0.25, -0.2) is 0 Å². The fraction of sp³-hybridized carbons (Fsp3) is 0.238. The number of amides is 2. The minimum absolute atomic E-state index is 0.227. The number of hydrogen-bond acceptors (Lipinski definition) is 4. The van der Waals surface area contributed by atoms with Crippen molar-refractivity contribution >= 4 is 33.8 Å². The van der Waals surface area contributed by atoms with E-state index in [4.69, 9.17) is 10.5 Å². The van der Waals surface area contributed by atoms with Crippen molar-refractivity contribution in [3.05, 3.63) is 69.8 Å². The van der Waals surface area contributed by atoms with E-state index in [1.807, 2.05) is 42.5 Å². The second-order valence-electron chi connectivity index (χ2n) is 6.70. The summed E-state index contributed by atoms with van der Waals surface area (Å²) in [5.74, 6) is -0.0962. The van der Waals surface area contributed by atoms with E-state index < -0.39 is 5.66 Å². The fourth-order valence-electron chi connectivity index (χ4n) is 3.27. The number of carbonyl (C=O) groups is 2. The van der Waals surface area contributed by atoms with Gasteiger partial charge in [0.2, 0.25) is 0 Å². The van der Waals surface area contributed by atoms with Crippen LogP contribution in [-0.4, -0.2) is 48.5 Å². The van der Waals surface area contributed by atoms with Crippen molar-refractivity contribution in [3.63, 3.8) is 0 Å². The van der Waals surface area contributed by atoms with Crippen molar-refractivity contribution in [1.82, 2.24) is 9.80 Å². The number of nitrogens with zero attached hydrogens (tertiary/aromatic N) is 2. The SMILES string of the molecule is COc1cccc(Br)c1C=C1C(=O)N(C)C(N)(Cc2ccccc2)C(=O)N1C. The van der Waals surface area contributed by atoms with Gasteiger partial charge < -0.3 is 20.3 Å². The van der Waals surface area contributed by atoms with Crippen molar-refractivity contribution in [2.75, 3.05) is 21.2 Å². The molecule has 1 aliphatic heterocycles. The molecule has 0 bridgehead atoms. The first-order valence-electron chi connectivity index (χ1n) is 8.73. The molecule has 7 heteroatoms. The third-order valence-electron chi connectivity index (χ3n) is 4.99. The summed E-state index contributed by atoms with van der Waals surface area (Å²) in [6, 6.07) is 14.9. The molecule has 2 aromatic carbocycles. The highest BCUT2D eigenvalue weighted by molar-refractivity contribution is 9.10. The van der Waals surface area contributed by atoms with Gasteiger partial charge in [0.05, 0.1) is 7.11 Å². The van der Waals surface area contributed by atoms with Gasteiger partial charge in [0.1, 0.15) is 11.4 Å². The monoisotopic (exact) mass is 443 g/mol. The maximum atomic E-state index is 13.2. The molecule has 28 heavy (non-hydrogen) atoms. The molecule has 0 saturated carbocycles. The van der Waals surface area contributed by atoms with Crippen molar-refractivity contribution in [3.8, 4) is 5.75 Å². The van der Waals surface area contributed by atoms with Crippen LogP contribution in [-0.2, 0) is 16.0 Å². The fourth-order valence-corrected chi connectivity index (χ4v) is 3.73. The van der Waals surface area contributed by atoms with Gasteiger partial charge in [0.25, 0.3) is 11.8 Å². The number of likely N-dealkylation sites (N-methyl/N-ethyl adjacent to an activating group) is 2. The van der Waals surface area contributed by atoms with Gasteiger partial charge in [0.15, 0.2) is 5.66 Å². The highest BCUT2D eigenvalue weighted by atomic mass is 79.9. The third-order valence-corrected chi connectivity index (χ3v) is 5.68. The molecule has 3 rings (SSSR count). The number of benzene rings is 2. The third kappa shape index (κ3) is 3.43. The topological polar surface area (TPSA) is 75.9 Å². The van der Waals surface area contributed by atoms with Crippen LogP contribution in [0, 0.1) is 0 Å². The molecule has 0 spiro atoms. The lowest BCUT2D eigenvalue weighted by molar-refractivity contribution is -0.156. The molecule has 0 aromatic heterocycles. The maximum absolute atomic E-state index is 13.2. The van der Waals surface area contributed by atoms with Crippen LogP contribution in [0.25, 0.3) is 6.08 Å². The largest absolute Gasteiger partial charge is 0.496 e. The molecule has 1 fully saturated rings. The van der Waals surface area contributed by atoms with E-state index >= 15 is 0 Å². The van der Waals surface area contributed by atoms with Gasteiger partial charge in [-0.1, -0.05) is 52.3 Å². The van der Waals surface area contributed by atoms with E-state index in [1.165, 1.54) is 9.80 Å². The number of nitrogens with two attached hydrogens (primary N) is 1. The molecule has 146 valence electrons. The van der Waals surface area contributed by atoms with Crippen LogP contribution >= 0.6 is 15.9 Å². The average molecular weight is 444 g/mol. The summed E-state index contributed by atoms with van der Waals surface area (Å²) in [6.07, 6.45) is 1.87. The minimum Gasteiger partial charge on any atom is -0.496 e. The molecule has 6 nitrogen and oxygen atoms in total. The van der Waals surface area contributed by atoms with Gasteiger partial charge in [-0.05, 0) is 23.8 Å². The maximum Gasteiger partial charge on any atom is 0.272 e. The number of halogens is 1. The van der Waals surface area contributed by atoms with Crippen LogP contribution in [0.3, 0.4) is 0 Å². The highest BCUT2D eigenvalue weighted by Gasteiger charge is 2.49. The number of piperazine rings is 1. The van der Waals surface area contributed by atoms with Crippen molar-refractivity contribution < 1.29 is 14.3 Å². The van der Waals surface area contributed by atoms with Crippen LogP contribution < -0.4 is 10.5 Å². The predicted molar refractivity (Wildman–Crippen MR) is 111 cm³/mol. The molecular weight excluding hydrogens is 422 g/mol. The van der Waals surface area contributed by atoms with E-state index in [0.29, 0.717) is 11.3 Å². The summed E-state index contributed by atoms with van der Waals surface area (Å²) >= 11 is 3.47. The second kappa shape index (κ2) is 7.77. The Hall–Kier alpha value is -2.64. The molecule has 1 saturated heterocycles. The Kier molecular flexibility index (Phi) is 5.58. The first kappa shape index (κ1) is 20.1. The van der Waals surface area contributed by atoms with Crippen LogP contribution in [0.1, 0.15) is 11.1 Å². The van der Waals surface area contributed by atoms with Crippen LogP contribution in [0.5, 0.6) is 5.75 Å². The summed E-state index contributed by atoms with van der Waals surface area (Å²) in [7, 11) is 4.68. The van der Waals surface area contributed by atoms with Crippen molar-refractivity contribution in [1.29, 1.82) is 0 Å². The number of carbonyl (C=O) groups excluding carboxylic acids is 2. The molecule has 2 aromatic rings. The van der Waals surface area contributed by atoms with E-state index in [0.717, 1.165) is 10.0 Å². The molecule has 1 atom stereocenters. The Balaban J connectivity index is 2.02. The Morgan fingerprint density at radius 1 is 1.11 bits per heavy atom. The first-order chi connectivity index (χ1) is 13.3. The molecular formula is C21H22BrN3O3. The number of rotatable bonds is 4. The predicted octanol–water partition coefficient (Wildman–Crippen LogP) is 2.63. The Morgan fingerprint density at radius 2 is 1.79 bits per heavy atom. The molecule has 2 amide bonds. The lowest BCUT2D eigenvalue weighted by atomic mass is 9.94. The Bertz CT molecular complexity index is 945. The molecule has 1 aliphatic rings. The van der Waals surface area contributed by atoms with E-state index in [2.05, 4.69) is 15.9 Å². The van der Waals surface area contributed by atoms with E-state index in [9.17, 15) is 9.59 Å². The average Bonchev–Trinajstić information content (AvgIpc) is 2.70. The quantitative estimate of drug-likeness (QED) is 0.736. The highest BCUT2D eigenvalue weighted by Crippen LogP contribution is 2.33. The zero-order valence-electron chi connectivity index (χ0n) is 16.0. The summed E-state index contributed by atoms with van der Waals surface area (Å²) in [4.78, 5) is 28.9. The normalized spacial score (nSPS) is 21.4. The second-order valence-corrected chi connectivity index (χ2v) is 7.55. The lowest BCUT2D eigenvalue weighted by Gasteiger charge is -2.45. The van der Waals surface area contributed by atoms with E-state index in [-0.39, 0.29) is 23.9 Å². The zero-order valence-corrected chi connectivity index (χ0v) is 17.6. The van der Waals surface area contributed by atoms with Gasteiger partial charge in [-0.3, -0.25) is 9.59 Å². The Labute approximate surface area is 172 Å². The summed E-state index contributed by atoms with van der Waals surface area (Å²) in [6.45, 7) is 0. The standard InChI is InChI=1S/C21H22BrN3O3/c1-24-17(12-15-16(22)10-7-11-18(15)28-3)19(26)25(2)21(23,20(24)27)13-14-8-5-4-6-9-14/h4-12H,13,23H2,1-3H3.